The van der Waals surface area contributed by atoms with E-state index in [0.29, 0.717) is 34.8 Å². The summed E-state index contributed by atoms with van der Waals surface area (Å²) in [6, 6.07) is 10.2. The number of carboxylic acid groups (broad SMARTS) is 1. The van der Waals surface area contributed by atoms with Gasteiger partial charge in [-0.05, 0) is 54.7 Å². The van der Waals surface area contributed by atoms with E-state index in [1.807, 2.05) is 39.0 Å². The fraction of sp³-hybridized carbons (Fsp3) is 0.414. The van der Waals surface area contributed by atoms with E-state index < -0.39 is 40.2 Å². The number of aliphatic carboxylic acids is 1. The lowest BCUT2D eigenvalue weighted by Crippen LogP contribution is -2.42. The molecule has 2 aromatic rings. The Balaban J connectivity index is 1.65. The monoisotopic (exact) mass is 617 g/mol. The zero-order chi connectivity index (χ0) is 31.7. The molecule has 1 aliphatic heterocycles. The number of urea groups is 1. The second-order valence-corrected chi connectivity index (χ2v) is 12.5. The second kappa shape index (κ2) is 14.8. The molecule has 0 bridgehead atoms. The number of carbonyl (C=O) groups is 3. The van der Waals surface area contributed by atoms with Crippen molar-refractivity contribution < 1.29 is 37.5 Å². The van der Waals surface area contributed by atoms with E-state index in [1.165, 1.54) is 7.11 Å². The van der Waals surface area contributed by atoms with Gasteiger partial charge in [-0.15, -0.1) is 0 Å². The zero-order valence-corrected chi connectivity index (χ0v) is 25.6. The molecular weight excluding hydrogens is 578 g/mol. The lowest BCUT2D eigenvalue weighted by molar-refractivity contribution is -0.140. The molecule has 2 aromatic carbocycles. The zero-order valence-electron chi connectivity index (χ0n) is 24.8. The van der Waals surface area contributed by atoms with Crippen molar-refractivity contribution in [3.8, 4) is 5.75 Å². The van der Waals surface area contributed by atoms with Gasteiger partial charge >= 0.3 is 12.0 Å². The molecule has 0 fully saturated rings. The summed E-state index contributed by atoms with van der Waals surface area (Å²) in [5.74, 6) is -1.02. The number of benzene rings is 2. The summed E-state index contributed by atoms with van der Waals surface area (Å²) in [5.41, 5.74) is 6.00. The molecule has 0 spiro atoms. The van der Waals surface area contributed by atoms with Crippen molar-refractivity contribution >= 4 is 39.3 Å². The maximum atomic E-state index is 13.1. The SMILES string of the molecule is COc1cc(CC(=O)NC(CC(C)C)C2=CC(CC(NS(C)(=O)=O)C(=O)O)ON2)ccc1NC(=O)Nc1ccccc1C. The predicted molar refractivity (Wildman–Crippen MR) is 162 cm³/mol. The Morgan fingerprint density at radius 1 is 1.09 bits per heavy atom. The molecule has 3 amide bonds. The number of carbonyl (C=O) groups excluding carboxylic acids is 2. The van der Waals surface area contributed by atoms with Crippen LogP contribution in [0.15, 0.2) is 54.2 Å². The molecule has 43 heavy (non-hydrogen) atoms. The summed E-state index contributed by atoms with van der Waals surface area (Å²) < 4.78 is 30.6. The predicted octanol–water partition coefficient (Wildman–Crippen LogP) is 2.90. The number of hydroxylamine groups is 1. The highest BCUT2D eigenvalue weighted by atomic mass is 32.2. The van der Waals surface area contributed by atoms with Crippen LogP contribution in [0, 0.1) is 12.8 Å². The van der Waals surface area contributed by atoms with E-state index in [1.54, 1.807) is 30.3 Å². The fourth-order valence-electron chi connectivity index (χ4n) is 4.51. The number of carboxylic acids is 1. The van der Waals surface area contributed by atoms with Crippen LogP contribution >= 0.6 is 0 Å². The molecule has 13 nitrogen and oxygen atoms in total. The normalized spacial score (nSPS) is 16.0. The van der Waals surface area contributed by atoms with Crippen LogP contribution in [0.2, 0.25) is 0 Å². The van der Waals surface area contributed by atoms with Crippen LogP contribution < -0.4 is 30.9 Å². The number of nitrogens with one attached hydrogen (secondary N) is 5. The van der Waals surface area contributed by atoms with E-state index >= 15 is 0 Å². The number of anilines is 2. The third kappa shape index (κ3) is 10.6. The molecular formula is C29H39N5O8S. The summed E-state index contributed by atoms with van der Waals surface area (Å²) >= 11 is 0. The topological polar surface area (TPSA) is 184 Å². The Bertz CT molecular complexity index is 1460. The largest absolute Gasteiger partial charge is 0.495 e. The quantitative estimate of drug-likeness (QED) is 0.186. The first kappa shape index (κ1) is 33.4. The average Bonchev–Trinajstić information content (AvgIpc) is 3.37. The van der Waals surface area contributed by atoms with Gasteiger partial charge in [-0.2, -0.15) is 0 Å². The van der Waals surface area contributed by atoms with Crippen LogP contribution in [-0.2, 0) is 30.9 Å². The minimum atomic E-state index is -3.75. The minimum absolute atomic E-state index is 0.0254. The fourth-order valence-corrected chi connectivity index (χ4v) is 5.22. The highest BCUT2D eigenvalue weighted by Crippen LogP contribution is 2.27. The molecule has 6 N–H and O–H groups in total. The van der Waals surface area contributed by atoms with Gasteiger partial charge in [-0.1, -0.05) is 38.1 Å². The molecule has 1 aliphatic rings. The van der Waals surface area contributed by atoms with Gasteiger partial charge in [-0.25, -0.2) is 17.9 Å². The van der Waals surface area contributed by atoms with Gasteiger partial charge in [0.15, 0.2) is 0 Å². The molecule has 0 saturated carbocycles. The summed E-state index contributed by atoms with van der Waals surface area (Å²) in [6.45, 7) is 5.88. The van der Waals surface area contributed by atoms with Crippen molar-refractivity contribution in [2.24, 2.45) is 5.92 Å². The van der Waals surface area contributed by atoms with Gasteiger partial charge in [-0.3, -0.25) is 19.9 Å². The van der Waals surface area contributed by atoms with Gasteiger partial charge in [0.25, 0.3) is 0 Å². The van der Waals surface area contributed by atoms with Crippen LogP contribution in [0.1, 0.15) is 37.8 Å². The second-order valence-electron chi connectivity index (χ2n) is 10.8. The maximum Gasteiger partial charge on any atom is 0.323 e. The molecule has 0 aliphatic carbocycles. The van der Waals surface area contributed by atoms with Crippen molar-refractivity contribution in [3.05, 3.63) is 65.4 Å². The van der Waals surface area contributed by atoms with Crippen molar-refractivity contribution in [1.82, 2.24) is 15.5 Å². The number of methoxy groups -OCH3 is 1. The molecule has 1 heterocycles. The first-order chi connectivity index (χ1) is 20.2. The first-order valence-corrected chi connectivity index (χ1v) is 15.6. The molecule has 14 heteroatoms. The lowest BCUT2D eigenvalue weighted by Gasteiger charge is -2.22. The first-order valence-electron chi connectivity index (χ1n) is 13.7. The highest BCUT2D eigenvalue weighted by molar-refractivity contribution is 7.88. The molecule has 3 unspecified atom stereocenters. The standard InChI is InChI=1S/C29H39N5O8S/c1-17(2)12-23(24-15-20(42-33-24)16-25(28(36)37)34-43(5,39)40)30-27(35)14-19-10-11-22(26(13-19)41-4)32-29(38)31-21-9-7-6-8-18(21)3/h6-11,13,15,17,20,23,25,33-34H,12,14,16H2,1-5H3,(H,30,35)(H,36,37)(H2,31,32,38). The molecule has 234 valence electrons. The number of hydrogen-bond donors (Lipinski definition) is 6. The Morgan fingerprint density at radius 3 is 2.42 bits per heavy atom. The minimum Gasteiger partial charge on any atom is -0.495 e. The smallest absolute Gasteiger partial charge is 0.323 e. The maximum absolute atomic E-state index is 13.1. The molecule has 0 radical (unpaired) electrons. The number of amides is 3. The van der Waals surface area contributed by atoms with Crippen LogP contribution in [-0.4, -0.2) is 63.0 Å². The van der Waals surface area contributed by atoms with E-state index in [2.05, 4.69) is 26.2 Å². The Morgan fingerprint density at radius 2 is 1.79 bits per heavy atom. The average molecular weight is 618 g/mol. The number of hydrogen-bond acceptors (Lipinski definition) is 8. The number of ether oxygens (including phenoxy) is 1. The van der Waals surface area contributed by atoms with Gasteiger partial charge in [0, 0.05) is 12.1 Å². The third-order valence-corrected chi connectivity index (χ3v) is 7.22. The Hall–Kier alpha value is -4.14. The van der Waals surface area contributed by atoms with Gasteiger partial charge < -0.3 is 25.8 Å². The van der Waals surface area contributed by atoms with Crippen molar-refractivity contribution in [3.63, 3.8) is 0 Å². The van der Waals surface area contributed by atoms with Crippen molar-refractivity contribution in [2.75, 3.05) is 24.0 Å². The number of aryl methyl sites for hydroxylation is 1. The van der Waals surface area contributed by atoms with Crippen LogP contribution in [0.3, 0.4) is 0 Å². The Kier molecular flexibility index (Phi) is 11.5. The van der Waals surface area contributed by atoms with E-state index in [4.69, 9.17) is 9.57 Å². The van der Waals surface area contributed by atoms with Crippen molar-refractivity contribution in [2.45, 2.75) is 58.2 Å². The van der Waals surface area contributed by atoms with Crippen LogP contribution in [0.4, 0.5) is 16.2 Å². The van der Waals surface area contributed by atoms with Crippen LogP contribution in [0.5, 0.6) is 5.75 Å². The summed E-state index contributed by atoms with van der Waals surface area (Å²) in [4.78, 5) is 42.7. The summed E-state index contributed by atoms with van der Waals surface area (Å²) in [7, 11) is -2.28. The number of para-hydroxylation sites is 1. The number of sulfonamides is 1. The molecule has 0 aromatic heterocycles. The van der Waals surface area contributed by atoms with Gasteiger partial charge in [0.2, 0.25) is 15.9 Å². The Labute approximate surface area is 251 Å². The molecule has 0 saturated heterocycles. The van der Waals surface area contributed by atoms with Gasteiger partial charge in [0.1, 0.15) is 17.9 Å². The third-order valence-electron chi connectivity index (χ3n) is 6.51. The summed E-state index contributed by atoms with van der Waals surface area (Å²) in [6.07, 6.45) is 2.24. The lowest BCUT2D eigenvalue weighted by atomic mass is 9.99. The molecule has 3 rings (SSSR count). The van der Waals surface area contributed by atoms with Crippen LogP contribution in [0.25, 0.3) is 0 Å². The van der Waals surface area contributed by atoms with Crippen molar-refractivity contribution in [1.29, 1.82) is 0 Å². The van der Waals surface area contributed by atoms with E-state index in [0.717, 1.165) is 11.8 Å². The number of rotatable bonds is 14. The van der Waals surface area contributed by atoms with Gasteiger partial charge in [0.05, 0.1) is 37.2 Å². The van der Waals surface area contributed by atoms with E-state index in [9.17, 15) is 27.9 Å². The summed E-state index contributed by atoms with van der Waals surface area (Å²) in [5, 5.41) is 18.0. The highest BCUT2D eigenvalue weighted by Gasteiger charge is 2.30. The van der Waals surface area contributed by atoms with E-state index in [-0.39, 0.29) is 24.7 Å². The molecule has 3 atom stereocenters.